The molecule has 1 aliphatic rings. The van der Waals surface area contributed by atoms with Crippen LogP contribution in [0, 0.1) is 5.92 Å². The zero-order chi connectivity index (χ0) is 11.8. The molecule has 0 bridgehead atoms. The van der Waals surface area contributed by atoms with E-state index >= 15 is 0 Å². The number of hydrogen-bond donors (Lipinski definition) is 1. The molecule has 0 amide bonds. The minimum atomic E-state index is 0.563. The number of nitrogens with zero attached hydrogens (tertiary/aromatic N) is 1. The third kappa shape index (κ3) is 5.21. The van der Waals surface area contributed by atoms with Crippen molar-refractivity contribution < 1.29 is 4.74 Å². The minimum Gasteiger partial charge on any atom is -0.385 e. The van der Waals surface area contributed by atoms with Gasteiger partial charge in [-0.25, -0.2) is 0 Å². The van der Waals surface area contributed by atoms with Gasteiger partial charge in [0.15, 0.2) is 5.17 Å². The van der Waals surface area contributed by atoms with Crippen molar-refractivity contribution in [2.45, 2.75) is 39.2 Å². The van der Waals surface area contributed by atoms with Crippen molar-refractivity contribution in [3.63, 3.8) is 0 Å². The lowest BCUT2D eigenvalue weighted by atomic mass is 10.1. The third-order valence-corrected chi connectivity index (χ3v) is 4.16. The first-order chi connectivity index (χ1) is 7.74. The minimum absolute atomic E-state index is 0.563. The van der Waals surface area contributed by atoms with Crippen LogP contribution in [0.5, 0.6) is 0 Å². The number of unbranched alkanes of at least 4 members (excludes halogenated alkanes) is 2. The van der Waals surface area contributed by atoms with Crippen LogP contribution in [0.3, 0.4) is 0 Å². The molecule has 3 nitrogen and oxygen atoms in total. The zero-order valence-corrected chi connectivity index (χ0v) is 11.5. The Bertz CT molecular complexity index is 221. The first kappa shape index (κ1) is 13.8. The molecule has 1 saturated heterocycles. The van der Waals surface area contributed by atoms with E-state index in [1.807, 2.05) is 11.8 Å². The average Bonchev–Trinajstić information content (AvgIpc) is 2.28. The second-order valence-corrected chi connectivity index (χ2v) is 5.47. The second-order valence-electron chi connectivity index (χ2n) is 4.46. The van der Waals surface area contributed by atoms with E-state index in [0.717, 1.165) is 30.7 Å². The molecule has 2 unspecified atom stereocenters. The van der Waals surface area contributed by atoms with E-state index in [0.29, 0.717) is 6.04 Å². The van der Waals surface area contributed by atoms with Gasteiger partial charge in [-0.2, -0.15) is 0 Å². The van der Waals surface area contributed by atoms with E-state index in [-0.39, 0.29) is 0 Å². The fraction of sp³-hybridized carbons (Fsp3) is 0.917. The molecule has 4 heteroatoms. The summed E-state index contributed by atoms with van der Waals surface area (Å²) in [5, 5.41) is 4.59. The van der Waals surface area contributed by atoms with Gasteiger partial charge in [0.25, 0.3) is 0 Å². The van der Waals surface area contributed by atoms with Crippen LogP contribution in [-0.2, 0) is 4.74 Å². The number of aliphatic imine (C=N–C) groups is 1. The zero-order valence-electron chi connectivity index (χ0n) is 10.7. The molecule has 1 N–H and O–H groups in total. The molecule has 1 rings (SSSR count). The Hall–Kier alpha value is -0.220. The van der Waals surface area contributed by atoms with E-state index < -0.39 is 0 Å². The summed E-state index contributed by atoms with van der Waals surface area (Å²) in [4.78, 5) is 4.59. The first-order valence-electron chi connectivity index (χ1n) is 6.16. The van der Waals surface area contributed by atoms with Crippen molar-refractivity contribution in [1.82, 2.24) is 5.32 Å². The number of thioether (sulfide) groups is 1. The summed E-state index contributed by atoms with van der Waals surface area (Å²) in [6.45, 7) is 6.34. The summed E-state index contributed by atoms with van der Waals surface area (Å²) in [5.74, 6) is 1.93. The first-order valence-corrected chi connectivity index (χ1v) is 7.15. The van der Waals surface area contributed by atoms with Crippen LogP contribution in [0.1, 0.15) is 33.1 Å². The number of hydrogen-bond acceptors (Lipinski definition) is 3. The van der Waals surface area contributed by atoms with Gasteiger partial charge in [-0.3, -0.25) is 4.99 Å². The SMILES string of the molecule is COCCCCCN=C1NC(C)C(C)CS1. The average molecular weight is 244 g/mol. The van der Waals surface area contributed by atoms with E-state index in [1.54, 1.807) is 7.11 Å². The van der Waals surface area contributed by atoms with Gasteiger partial charge in [0, 0.05) is 32.1 Å². The lowest BCUT2D eigenvalue weighted by molar-refractivity contribution is 0.192. The lowest BCUT2D eigenvalue weighted by Gasteiger charge is -2.28. The van der Waals surface area contributed by atoms with Gasteiger partial charge in [0.05, 0.1) is 0 Å². The Morgan fingerprint density at radius 2 is 2.19 bits per heavy atom. The number of ether oxygens (including phenoxy) is 1. The molecule has 0 spiro atoms. The maximum atomic E-state index is 5.01. The normalized spacial score (nSPS) is 28.1. The molecular weight excluding hydrogens is 220 g/mol. The van der Waals surface area contributed by atoms with Crippen LogP contribution in [0.4, 0.5) is 0 Å². The fourth-order valence-electron chi connectivity index (χ4n) is 1.54. The van der Waals surface area contributed by atoms with Crippen molar-refractivity contribution in [1.29, 1.82) is 0 Å². The van der Waals surface area contributed by atoms with Crippen molar-refractivity contribution in [2.75, 3.05) is 26.0 Å². The van der Waals surface area contributed by atoms with Gasteiger partial charge in [-0.15, -0.1) is 0 Å². The quantitative estimate of drug-likeness (QED) is 0.729. The van der Waals surface area contributed by atoms with Crippen molar-refractivity contribution in [3.8, 4) is 0 Å². The highest BCUT2D eigenvalue weighted by Gasteiger charge is 2.20. The van der Waals surface area contributed by atoms with Gasteiger partial charge in [-0.1, -0.05) is 18.7 Å². The fourth-order valence-corrected chi connectivity index (χ4v) is 2.70. The molecule has 0 aliphatic carbocycles. The summed E-state index contributed by atoms with van der Waals surface area (Å²) in [6.07, 6.45) is 3.52. The van der Waals surface area contributed by atoms with Crippen LogP contribution >= 0.6 is 11.8 Å². The molecule has 0 radical (unpaired) electrons. The molecule has 0 aromatic heterocycles. The Labute approximate surface area is 103 Å². The van der Waals surface area contributed by atoms with Crippen LogP contribution in [0.2, 0.25) is 0 Å². The Kier molecular flexibility index (Phi) is 6.88. The molecule has 0 aromatic rings. The summed E-state index contributed by atoms with van der Waals surface area (Å²) in [6, 6.07) is 0.563. The largest absolute Gasteiger partial charge is 0.385 e. The monoisotopic (exact) mass is 244 g/mol. The molecule has 0 aromatic carbocycles. The summed E-state index contributed by atoms with van der Waals surface area (Å²) < 4.78 is 5.01. The summed E-state index contributed by atoms with van der Waals surface area (Å²) >= 11 is 1.86. The second kappa shape index (κ2) is 7.96. The van der Waals surface area contributed by atoms with E-state index in [9.17, 15) is 0 Å². The van der Waals surface area contributed by atoms with Gasteiger partial charge in [0.1, 0.15) is 0 Å². The molecule has 1 heterocycles. The van der Waals surface area contributed by atoms with Gasteiger partial charge in [0.2, 0.25) is 0 Å². The predicted molar refractivity (Wildman–Crippen MR) is 72.2 cm³/mol. The predicted octanol–water partition coefficient (Wildman–Crippen LogP) is 2.52. The van der Waals surface area contributed by atoms with Gasteiger partial charge >= 0.3 is 0 Å². The van der Waals surface area contributed by atoms with Gasteiger partial charge < -0.3 is 10.1 Å². The van der Waals surface area contributed by atoms with Crippen LogP contribution in [0.25, 0.3) is 0 Å². The highest BCUT2D eigenvalue weighted by Crippen LogP contribution is 2.19. The Balaban J connectivity index is 2.10. The van der Waals surface area contributed by atoms with E-state index in [2.05, 4.69) is 24.2 Å². The lowest BCUT2D eigenvalue weighted by Crippen LogP contribution is -2.41. The van der Waals surface area contributed by atoms with Gasteiger partial charge in [-0.05, 0) is 32.1 Å². The molecule has 94 valence electrons. The molecule has 1 aliphatic heterocycles. The van der Waals surface area contributed by atoms with Crippen molar-refractivity contribution in [3.05, 3.63) is 0 Å². The molecule has 1 fully saturated rings. The maximum Gasteiger partial charge on any atom is 0.156 e. The molecular formula is C12H24N2OS. The smallest absolute Gasteiger partial charge is 0.156 e. The Morgan fingerprint density at radius 1 is 1.38 bits per heavy atom. The standard InChI is InChI=1S/C12H24N2OS/c1-10-9-16-12(14-11(10)2)13-7-5-4-6-8-15-3/h10-11H,4-9H2,1-3H3,(H,13,14). The maximum absolute atomic E-state index is 5.01. The van der Waals surface area contributed by atoms with Crippen LogP contribution in [0.15, 0.2) is 4.99 Å². The highest BCUT2D eigenvalue weighted by atomic mass is 32.2. The molecule has 16 heavy (non-hydrogen) atoms. The third-order valence-electron chi connectivity index (χ3n) is 2.95. The number of amidine groups is 1. The van der Waals surface area contributed by atoms with Crippen molar-refractivity contribution >= 4 is 16.9 Å². The molecule has 0 saturated carbocycles. The topological polar surface area (TPSA) is 33.6 Å². The summed E-state index contributed by atoms with van der Waals surface area (Å²) in [5.41, 5.74) is 0. The van der Waals surface area contributed by atoms with E-state index in [4.69, 9.17) is 4.74 Å². The number of rotatable bonds is 6. The Morgan fingerprint density at radius 3 is 2.88 bits per heavy atom. The van der Waals surface area contributed by atoms with Crippen LogP contribution in [-0.4, -0.2) is 37.2 Å². The van der Waals surface area contributed by atoms with Crippen LogP contribution < -0.4 is 5.32 Å². The highest BCUT2D eigenvalue weighted by molar-refractivity contribution is 8.13. The summed E-state index contributed by atoms with van der Waals surface area (Å²) in [7, 11) is 1.76. The number of nitrogens with one attached hydrogen (secondary N) is 1. The van der Waals surface area contributed by atoms with Crippen molar-refractivity contribution in [2.24, 2.45) is 10.9 Å². The van der Waals surface area contributed by atoms with E-state index in [1.165, 1.54) is 18.6 Å². The number of methoxy groups -OCH3 is 1. The molecule has 2 atom stereocenters.